The molecule has 1 aliphatic carbocycles. The van der Waals surface area contributed by atoms with Crippen LogP contribution in [0.1, 0.15) is 62.3 Å². The van der Waals surface area contributed by atoms with Gasteiger partial charge in [-0.15, -0.1) is 10.2 Å². The van der Waals surface area contributed by atoms with Crippen LogP contribution in [0.5, 0.6) is 0 Å². The summed E-state index contributed by atoms with van der Waals surface area (Å²) >= 11 is 1.45. The van der Waals surface area contributed by atoms with E-state index in [-0.39, 0.29) is 17.7 Å². The van der Waals surface area contributed by atoms with Crippen molar-refractivity contribution in [2.75, 3.05) is 5.75 Å². The van der Waals surface area contributed by atoms with Crippen LogP contribution in [0.4, 0.5) is 0 Å². The first-order chi connectivity index (χ1) is 16.6. The third kappa shape index (κ3) is 5.33. The van der Waals surface area contributed by atoms with Gasteiger partial charge in [0.2, 0.25) is 5.91 Å². The van der Waals surface area contributed by atoms with Crippen molar-refractivity contribution >= 4 is 28.7 Å². The van der Waals surface area contributed by atoms with E-state index in [1.54, 1.807) is 0 Å². The highest BCUT2D eigenvalue weighted by atomic mass is 32.2. The van der Waals surface area contributed by atoms with E-state index in [2.05, 4.69) is 51.0 Å². The molecule has 7 nitrogen and oxygen atoms in total. The molecule has 34 heavy (non-hydrogen) atoms. The molecule has 4 aromatic rings. The highest BCUT2D eigenvalue weighted by molar-refractivity contribution is 7.99. The number of amides is 1. The first kappa shape index (κ1) is 22.7. The summed E-state index contributed by atoms with van der Waals surface area (Å²) in [7, 11) is 0. The molecule has 1 saturated carbocycles. The fraction of sp³-hybridized carbons (Fsp3) is 0.385. The van der Waals surface area contributed by atoms with Gasteiger partial charge in [0.15, 0.2) is 5.16 Å². The molecule has 2 aromatic carbocycles. The summed E-state index contributed by atoms with van der Waals surface area (Å²) in [4.78, 5) is 21.1. The maximum Gasteiger partial charge on any atom is 0.231 e. The van der Waals surface area contributed by atoms with E-state index in [4.69, 9.17) is 4.98 Å². The molecule has 2 N–H and O–H groups in total. The number of carbonyl (C=O) groups is 1. The second-order valence-electron chi connectivity index (χ2n) is 9.36. The van der Waals surface area contributed by atoms with Crippen molar-refractivity contribution in [1.29, 1.82) is 0 Å². The number of hydrogen-bond acceptors (Lipinski definition) is 5. The van der Waals surface area contributed by atoms with Crippen LogP contribution in [0.3, 0.4) is 0 Å². The van der Waals surface area contributed by atoms with Crippen LogP contribution in [0.25, 0.3) is 11.0 Å². The van der Waals surface area contributed by atoms with E-state index in [1.807, 2.05) is 42.5 Å². The van der Waals surface area contributed by atoms with Gasteiger partial charge in [-0.1, -0.05) is 68.1 Å². The molecule has 0 saturated heterocycles. The quantitative estimate of drug-likeness (QED) is 0.313. The van der Waals surface area contributed by atoms with Crippen molar-refractivity contribution in [2.24, 2.45) is 5.92 Å². The second-order valence-corrected chi connectivity index (χ2v) is 10.3. The third-order valence-corrected chi connectivity index (χ3v) is 6.95. The Labute approximate surface area is 203 Å². The molecule has 0 spiro atoms. The van der Waals surface area contributed by atoms with Crippen LogP contribution < -0.4 is 5.32 Å². The monoisotopic (exact) mass is 474 g/mol. The normalized spacial score (nSPS) is 14.6. The zero-order valence-corrected chi connectivity index (χ0v) is 20.4. The Balaban J connectivity index is 1.28. The largest absolute Gasteiger partial charge is 0.345 e. The van der Waals surface area contributed by atoms with Gasteiger partial charge in [-0.3, -0.25) is 4.79 Å². The number of para-hydroxylation sites is 2. The SMILES string of the molecule is CC(C)CC(NC(=O)CSc1nnc(C2CC2)n1Cc1ccccc1)c1nc2ccccc2[nH]1. The van der Waals surface area contributed by atoms with Gasteiger partial charge in [-0.2, -0.15) is 0 Å². The van der Waals surface area contributed by atoms with E-state index < -0.39 is 0 Å². The van der Waals surface area contributed by atoms with E-state index in [9.17, 15) is 4.79 Å². The first-order valence-corrected chi connectivity index (χ1v) is 12.9. The van der Waals surface area contributed by atoms with E-state index >= 15 is 0 Å². The Hall–Kier alpha value is -3.13. The van der Waals surface area contributed by atoms with Gasteiger partial charge in [-0.05, 0) is 42.9 Å². The summed E-state index contributed by atoms with van der Waals surface area (Å²) in [6.07, 6.45) is 3.13. The van der Waals surface area contributed by atoms with Crippen molar-refractivity contribution in [3.63, 3.8) is 0 Å². The molecule has 2 aromatic heterocycles. The summed E-state index contributed by atoms with van der Waals surface area (Å²) in [5, 5.41) is 12.9. The number of thioether (sulfide) groups is 1. The van der Waals surface area contributed by atoms with Crippen LogP contribution in [0.2, 0.25) is 0 Å². The van der Waals surface area contributed by atoms with Gasteiger partial charge in [0.1, 0.15) is 11.6 Å². The summed E-state index contributed by atoms with van der Waals surface area (Å²) < 4.78 is 2.18. The number of benzene rings is 2. The van der Waals surface area contributed by atoms with Crippen LogP contribution in [0, 0.1) is 5.92 Å². The number of imidazole rings is 1. The molecule has 1 unspecified atom stereocenters. The highest BCUT2D eigenvalue weighted by Crippen LogP contribution is 2.40. The second kappa shape index (κ2) is 10.0. The number of H-pyrrole nitrogens is 1. The molecule has 1 aliphatic rings. The highest BCUT2D eigenvalue weighted by Gasteiger charge is 2.30. The van der Waals surface area contributed by atoms with Gasteiger partial charge >= 0.3 is 0 Å². The van der Waals surface area contributed by atoms with Crippen LogP contribution in [-0.2, 0) is 11.3 Å². The smallest absolute Gasteiger partial charge is 0.231 e. The fourth-order valence-electron chi connectivity index (χ4n) is 4.18. The molecule has 0 aliphatic heterocycles. The minimum atomic E-state index is -0.162. The average Bonchev–Trinajstić information content (AvgIpc) is 3.45. The molecule has 0 bridgehead atoms. The maximum absolute atomic E-state index is 13.0. The number of aromatic nitrogens is 5. The standard InChI is InChI=1S/C26H30N6OS/c1-17(2)14-22(24-28-20-10-6-7-11-21(20)29-24)27-23(33)16-34-26-31-30-25(19-12-13-19)32(26)15-18-8-4-3-5-9-18/h3-11,17,19,22H,12-16H2,1-2H3,(H,27,33)(H,28,29). The molecular weight excluding hydrogens is 444 g/mol. The molecule has 0 radical (unpaired) electrons. The number of fused-ring (bicyclic) bond motifs is 1. The van der Waals surface area contributed by atoms with Gasteiger partial charge in [0, 0.05) is 5.92 Å². The molecule has 8 heteroatoms. The fourth-order valence-corrected chi connectivity index (χ4v) is 4.93. The predicted molar refractivity (Wildman–Crippen MR) is 135 cm³/mol. The number of nitrogens with one attached hydrogen (secondary N) is 2. The summed E-state index contributed by atoms with van der Waals surface area (Å²) in [5.74, 6) is 3.00. The summed E-state index contributed by atoms with van der Waals surface area (Å²) in [6, 6.07) is 18.1. The Kier molecular flexibility index (Phi) is 6.67. The first-order valence-electron chi connectivity index (χ1n) is 11.9. The van der Waals surface area contributed by atoms with Crippen LogP contribution in [-0.4, -0.2) is 36.4 Å². The number of aromatic amines is 1. The number of rotatable bonds is 10. The van der Waals surface area contributed by atoms with Crippen molar-refractivity contribution < 1.29 is 4.79 Å². The lowest BCUT2D eigenvalue weighted by atomic mass is 10.0. The van der Waals surface area contributed by atoms with Crippen molar-refractivity contribution in [2.45, 2.75) is 56.8 Å². The lowest BCUT2D eigenvalue weighted by molar-refractivity contribution is -0.119. The van der Waals surface area contributed by atoms with E-state index in [0.717, 1.165) is 53.6 Å². The Morgan fingerprint density at radius 3 is 2.62 bits per heavy atom. The third-order valence-electron chi connectivity index (χ3n) is 5.98. The Bertz CT molecular complexity index is 1230. The predicted octanol–water partition coefficient (Wildman–Crippen LogP) is 5.08. The van der Waals surface area contributed by atoms with E-state index in [0.29, 0.717) is 11.8 Å². The zero-order valence-electron chi connectivity index (χ0n) is 19.6. The number of hydrogen-bond donors (Lipinski definition) is 2. The molecule has 1 fully saturated rings. The minimum absolute atomic E-state index is 0.0293. The van der Waals surface area contributed by atoms with Gasteiger partial charge in [0.25, 0.3) is 0 Å². The summed E-state index contributed by atoms with van der Waals surface area (Å²) in [5.41, 5.74) is 3.10. The van der Waals surface area contributed by atoms with Crippen molar-refractivity contribution in [3.05, 3.63) is 71.8 Å². The lowest BCUT2D eigenvalue weighted by Crippen LogP contribution is -2.31. The molecule has 1 amide bonds. The van der Waals surface area contributed by atoms with E-state index in [1.165, 1.54) is 17.3 Å². The number of carbonyl (C=O) groups excluding carboxylic acids is 1. The topological polar surface area (TPSA) is 88.5 Å². The Morgan fingerprint density at radius 2 is 1.88 bits per heavy atom. The average molecular weight is 475 g/mol. The van der Waals surface area contributed by atoms with Crippen LogP contribution in [0.15, 0.2) is 59.8 Å². The molecule has 1 atom stereocenters. The van der Waals surface area contributed by atoms with Crippen LogP contribution >= 0.6 is 11.8 Å². The van der Waals surface area contributed by atoms with Gasteiger partial charge < -0.3 is 14.9 Å². The van der Waals surface area contributed by atoms with Gasteiger partial charge in [-0.25, -0.2) is 4.98 Å². The summed E-state index contributed by atoms with van der Waals surface area (Å²) in [6.45, 7) is 5.03. The molecule has 2 heterocycles. The number of nitrogens with zero attached hydrogens (tertiary/aromatic N) is 4. The molecular formula is C26H30N6OS. The van der Waals surface area contributed by atoms with Crippen molar-refractivity contribution in [1.82, 2.24) is 30.0 Å². The maximum atomic E-state index is 13.0. The van der Waals surface area contributed by atoms with Gasteiger partial charge in [0.05, 0.1) is 29.4 Å². The molecule has 176 valence electrons. The Morgan fingerprint density at radius 1 is 1.12 bits per heavy atom. The zero-order chi connectivity index (χ0) is 23.5. The molecule has 5 rings (SSSR count). The van der Waals surface area contributed by atoms with Crippen molar-refractivity contribution in [3.8, 4) is 0 Å². The lowest BCUT2D eigenvalue weighted by Gasteiger charge is -2.18. The minimum Gasteiger partial charge on any atom is -0.345 e.